The molecule has 0 radical (unpaired) electrons. The van der Waals surface area contributed by atoms with Gasteiger partial charge in [0.2, 0.25) is 0 Å². The van der Waals surface area contributed by atoms with Crippen LogP contribution in [-0.2, 0) is 4.79 Å². The number of halogens is 1. The highest BCUT2D eigenvalue weighted by atomic mass is 35.5. The zero-order valence-electron chi connectivity index (χ0n) is 17.6. The van der Waals surface area contributed by atoms with Crippen molar-refractivity contribution in [2.24, 2.45) is 5.10 Å². The molecule has 0 unspecified atom stereocenters. The number of hydrazone groups is 1. The predicted molar refractivity (Wildman–Crippen MR) is 134 cm³/mol. The Morgan fingerprint density at radius 1 is 1.06 bits per heavy atom. The van der Waals surface area contributed by atoms with Gasteiger partial charge in [-0.1, -0.05) is 35.5 Å². The Hall–Kier alpha value is -3.14. The first kappa shape index (κ1) is 23.0. The Labute approximate surface area is 204 Å². The van der Waals surface area contributed by atoms with E-state index in [9.17, 15) is 4.79 Å². The normalized spacial score (nSPS) is 11.1. The van der Waals surface area contributed by atoms with E-state index in [2.05, 4.69) is 25.7 Å². The molecule has 33 heavy (non-hydrogen) atoms. The van der Waals surface area contributed by atoms with Gasteiger partial charge in [0.25, 0.3) is 5.91 Å². The number of carbonyl (C=O) groups is 1. The molecule has 0 aliphatic carbocycles. The van der Waals surface area contributed by atoms with Crippen LogP contribution in [0.25, 0.3) is 17.1 Å². The highest BCUT2D eigenvalue weighted by Crippen LogP contribution is 2.28. The van der Waals surface area contributed by atoms with Gasteiger partial charge in [0.05, 0.1) is 12.0 Å². The fourth-order valence-electron chi connectivity index (χ4n) is 2.91. The van der Waals surface area contributed by atoms with Crippen LogP contribution < -0.4 is 5.43 Å². The zero-order chi connectivity index (χ0) is 23.0. The first-order valence-electron chi connectivity index (χ1n) is 9.84. The van der Waals surface area contributed by atoms with Crippen molar-refractivity contribution in [2.45, 2.75) is 10.1 Å². The molecule has 2 aromatic carbocycles. The summed E-state index contributed by atoms with van der Waals surface area (Å²) in [4.78, 5) is 17.6. The monoisotopic (exact) mass is 494 g/mol. The van der Waals surface area contributed by atoms with Crippen molar-refractivity contribution in [1.29, 1.82) is 0 Å². The molecule has 0 aliphatic heterocycles. The van der Waals surface area contributed by atoms with Crippen LogP contribution in [0.4, 0.5) is 0 Å². The van der Waals surface area contributed by atoms with Gasteiger partial charge in [-0.05, 0) is 60.4 Å². The summed E-state index contributed by atoms with van der Waals surface area (Å²) in [6.45, 7) is 0. The second kappa shape index (κ2) is 11.1. The molecule has 1 amide bonds. The number of benzene rings is 2. The van der Waals surface area contributed by atoms with Crippen LogP contribution in [0.2, 0.25) is 5.02 Å². The third kappa shape index (κ3) is 6.01. The van der Waals surface area contributed by atoms with Gasteiger partial charge in [0.15, 0.2) is 11.0 Å². The van der Waals surface area contributed by atoms with Crippen molar-refractivity contribution < 1.29 is 4.79 Å². The average molecular weight is 495 g/mol. The van der Waals surface area contributed by atoms with Gasteiger partial charge in [-0.2, -0.15) is 5.10 Å². The maximum absolute atomic E-state index is 12.3. The van der Waals surface area contributed by atoms with Crippen molar-refractivity contribution in [3.8, 4) is 17.1 Å². The van der Waals surface area contributed by atoms with Crippen LogP contribution in [0.1, 0.15) is 5.56 Å². The van der Waals surface area contributed by atoms with Crippen LogP contribution in [0, 0.1) is 0 Å². The van der Waals surface area contributed by atoms with E-state index >= 15 is 0 Å². The number of nitrogens with zero attached hydrogens (tertiary/aromatic N) is 5. The molecule has 0 atom stereocenters. The lowest BCUT2D eigenvalue weighted by atomic mass is 10.2. The lowest BCUT2D eigenvalue weighted by molar-refractivity contribution is -0.118. The van der Waals surface area contributed by atoms with Crippen molar-refractivity contribution >= 4 is 47.2 Å². The average Bonchev–Trinajstić information content (AvgIpc) is 3.28. The highest BCUT2D eigenvalue weighted by molar-refractivity contribution is 7.99. The first-order chi connectivity index (χ1) is 16.1. The molecule has 4 rings (SSSR count). The topological polar surface area (TPSA) is 85.1 Å². The Kier molecular flexibility index (Phi) is 7.77. The smallest absolute Gasteiger partial charge is 0.250 e. The summed E-state index contributed by atoms with van der Waals surface area (Å²) in [5.41, 5.74) is 5.16. The maximum atomic E-state index is 12.3. The highest BCUT2D eigenvalue weighted by Gasteiger charge is 2.17. The van der Waals surface area contributed by atoms with E-state index in [1.54, 1.807) is 42.5 Å². The van der Waals surface area contributed by atoms with Gasteiger partial charge in [-0.25, -0.2) is 5.43 Å². The number of hydrogen-bond acceptors (Lipinski definition) is 7. The van der Waals surface area contributed by atoms with Crippen LogP contribution in [0.15, 0.2) is 88.2 Å². The van der Waals surface area contributed by atoms with Gasteiger partial charge in [-0.15, -0.1) is 22.0 Å². The minimum atomic E-state index is -0.242. The van der Waals surface area contributed by atoms with Crippen molar-refractivity contribution in [2.75, 3.05) is 12.0 Å². The molecule has 7 nitrogen and oxygen atoms in total. The van der Waals surface area contributed by atoms with Crippen LogP contribution >= 0.6 is 35.1 Å². The zero-order valence-corrected chi connectivity index (χ0v) is 19.9. The molecule has 4 aromatic rings. The summed E-state index contributed by atoms with van der Waals surface area (Å²) >= 11 is 9.00. The summed E-state index contributed by atoms with van der Waals surface area (Å²) in [6.07, 6.45) is 7.03. The quantitative estimate of drug-likeness (QED) is 0.212. The fraction of sp³-hybridized carbons (Fsp3) is 0.0870. The largest absolute Gasteiger partial charge is 0.272 e. The van der Waals surface area contributed by atoms with Gasteiger partial charge in [0.1, 0.15) is 0 Å². The Bertz CT molecular complexity index is 1240. The second-order valence-electron chi connectivity index (χ2n) is 6.71. The predicted octanol–water partition coefficient (Wildman–Crippen LogP) is 4.95. The van der Waals surface area contributed by atoms with E-state index in [4.69, 9.17) is 11.6 Å². The molecule has 2 heterocycles. The van der Waals surface area contributed by atoms with Gasteiger partial charge < -0.3 is 0 Å². The summed E-state index contributed by atoms with van der Waals surface area (Å²) in [5.74, 6) is 0.535. The van der Waals surface area contributed by atoms with Crippen LogP contribution in [0.3, 0.4) is 0 Å². The van der Waals surface area contributed by atoms with Gasteiger partial charge >= 0.3 is 0 Å². The standard InChI is InChI=1S/C23H19ClN6OS2/c1-32-20-8-2-16(3-9-20)14-26-27-21(31)15-33-23-29-28-22(17-10-12-25-13-11-17)30(23)19-6-4-18(24)5-7-19/h2-14H,15H2,1H3,(H,27,31)/b26-14-. The lowest BCUT2D eigenvalue weighted by Crippen LogP contribution is -2.20. The summed E-state index contributed by atoms with van der Waals surface area (Å²) in [6, 6.07) is 19.0. The molecule has 166 valence electrons. The van der Waals surface area contributed by atoms with Crippen molar-refractivity contribution in [3.63, 3.8) is 0 Å². The van der Waals surface area contributed by atoms with E-state index in [0.717, 1.165) is 16.8 Å². The molecule has 2 aromatic heterocycles. The summed E-state index contributed by atoms with van der Waals surface area (Å²) in [7, 11) is 0. The number of pyridine rings is 1. The van der Waals surface area contributed by atoms with Crippen LogP contribution in [-0.4, -0.2) is 43.9 Å². The van der Waals surface area contributed by atoms with Crippen LogP contribution in [0.5, 0.6) is 0 Å². The number of carbonyl (C=O) groups excluding carboxylic acids is 1. The molecule has 0 spiro atoms. The number of rotatable bonds is 8. The number of nitrogens with one attached hydrogen (secondary N) is 1. The third-order valence-electron chi connectivity index (χ3n) is 4.51. The molecule has 0 bridgehead atoms. The molecule has 1 N–H and O–H groups in total. The fourth-order valence-corrected chi connectivity index (χ4v) is 4.18. The van der Waals surface area contributed by atoms with E-state index in [-0.39, 0.29) is 11.7 Å². The summed E-state index contributed by atoms with van der Waals surface area (Å²) in [5, 5.41) is 13.9. The van der Waals surface area contributed by atoms with Gasteiger partial charge in [0, 0.05) is 33.6 Å². The Morgan fingerprint density at radius 3 is 2.48 bits per heavy atom. The lowest BCUT2D eigenvalue weighted by Gasteiger charge is -2.10. The number of hydrogen-bond donors (Lipinski definition) is 1. The summed E-state index contributed by atoms with van der Waals surface area (Å²) < 4.78 is 1.89. The Morgan fingerprint density at radius 2 is 1.79 bits per heavy atom. The molecule has 0 saturated carbocycles. The number of thioether (sulfide) groups is 2. The molecular formula is C23H19ClN6OS2. The van der Waals surface area contributed by atoms with E-state index in [1.165, 1.54) is 16.7 Å². The SMILES string of the molecule is CSc1ccc(/C=N\NC(=O)CSc2nnc(-c3ccncc3)n2-c2ccc(Cl)cc2)cc1. The molecule has 0 aliphatic rings. The number of aromatic nitrogens is 4. The molecule has 0 saturated heterocycles. The van der Waals surface area contributed by atoms with E-state index in [1.807, 2.05) is 59.4 Å². The van der Waals surface area contributed by atoms with E-state index < -0.39 is 0 Å². The number of amides is 1. The maximum Gasteiger partial charge on any atom is 0.250 e. The minimum Gasteiger partial charge on any atom is -0.272 e. The first-order valence-corrected chi connectivity index (χ1v) is 12.4. The van der Waals surface area contributed by atoms with E-state index in [0.29, 0.717) is 16.0 Å². The Balaban J connectivity index is 1.47. The van der Waals surface area contributed by atoms with Crippen molar-refractivity contribution in [3.05, 3.63) is 83.6 Å². The van der Waals surface area contributed by atoms with Crippen molar-refractivity contribution in [1.82, 2.24) is 25.2 Å². The second-order valence-corrected chi connectivity index (χ2v) is 8.97. The molecule has 10 heteroatoms. The molecular weight excluding hydrogens is 476 g/mol. The minimum absolute atomic E-state index is 0.130. The third-order valence-corrected chi connectivity index (χ3v) is 6.43. The van der Waals surface area contributed by atoms with Gasteiger partial charge in [-0.3, -0.25) is 14.3 Å². The molecule has 0 fully saturated rings.